The topological polar surface area (TPSA) is 66.8 Å². The molecule has 2 rings (SSSR count). The van der Waals surface area contributed by atoms with E-state index in [1.54, 1.807) is 0 Å². The van der Waals surface area contributed by atoms with Crippen LogP contribution < -0.4 is 0 Å². The van der Waals surface area contributed by atoms with Gasteiger partial charge in [-0.05, 0) is 42.9 Å². The highest BCUT2D eigenvalue weighted by Crippen LogP contribution is 2.35. The number of ether oxygens (including phenoxy) is 1. The average Bonchev–Trinajstić information content (AvgIpc) is 2.68. The number of fused-ring (bicyclic) bond motifs is 1. The van der Waals surface area contributed by atoms with Crippen LogP contribution in [-0.4, -0.2) is 35.5 Å². The first-order valence-corrected chi connectivity index (χ1v) is 6.95. The number of aliphatic hydroxyl groups is 2. The second kappa shape index (κ2) is 6.35. The fraction of sp³-hybridized carbons (Fsp3) is 0.667. The second-order valence-corrected chi connectivity index (χ2v) is 5.43. The Morgan fingerprint density at radius 2 is 2.00 bits per heavy atom. The Hall–Kier alpha value is -1.13. The number of esters is 1. The Bertz CT molecular complexity index is 397. The number of rotatable bonds is 2. The molecule has 1 fully saturated rings. The lowest BCUT2D eigenvalue weighted by Crippen LogP contribution is -2.19. The molecule has 4 heteroatoms. The maximum absolute atomic E-state index is 11.7. The van der Waals surface area contributed by atoms with Crippen molar-refractivity contribution in [1.82, 2.24) is 0 Å². The van der Waals surface area contributed by atoms with Crippen molar-refractivity contribution < 1.29 is 19.7 Å². The molecule has 0 radical (unpaired) electrons. The molecule has 3 atom stereocenters. The van der Waals surface area contributed by atoms with E-state index in [4.69, 9.17) is 4.74 Å². The van der Waals surface area contributed by atoms with Crippen LogP contribution in [0.15, 0.2) is 23.3 Å². The first-order chi connectivity index (χ1) is 9.15. The van der Waals surface area contributed by atoms with Crippen molar-refractivity contribution in [1.29, 1.82) is 0 Å². The van der Waals surface area contributed by atoms with E-state index in [2.05, 4.69) is 0 Å². The van der Waals surface area contributed by atoms with E-state index in [0.29, 0.717) is 0 Å². The maximum atomic E-state index is 11.7. The Balaban J connectivity index is 2.22. The fourth-order valence-corrected chi connectivity index (χ4v) is 2.87. The van der Waals surface area contributed by atoms with Crippen molar-refractivity contribution in [2.24, 2.45) is 11.8 Å². The van der Waals surface area contributed by atoms with Crippen molar-refractivity contribution in [3.63, 3.8) is 0 Å². The van der Waals surface area contributed by atoms with Gasteiger partial charge in [-0.2, -0.15) is 0 Å². The van der Waals surface area contributed by atoms with E-state index in [9.17, 15) is 15.0 Å². The second-order valence-electron chi connectivity index (χ2n) is 5.43. The van der Waals surface area contributed by atoms with Crippen LogP contribution in [0.1, 0.15) is 32.6 Å². The summed E-state index contributed by atoms with van der Waals surface area (Å²) < 4.78 is 5.40. The first-order valence-electron chi connectivity index (χ1n) is 6.95. The van der Waals surface area contributed by atoms with Gasteiger partial charge in [-0.25, -0.2) is 0 Å². The lowest BCUT2D eigenvalue weighted by atomic mass is 9.84. The van der Waals surface area contributed by atoms with Crippen LogP contribution in [-0.2, 0) is 9.53 Å². The first kappa shape index (κ1) is 14.3. The number of hydrogen-bond acceptors (Lipinski definition) is 4. The molecule has 0 saturated carbocycles. The zero-order valence-electron chi connectivity index (χ0n) is 11.3. The van der Waals surface area contributed by atoms with E-state index in [-0.39, 0.29) is 37.1 Å². The minimum atomic E-state index is -0.220. The van der Waals surface area contributed by atoms with Crippen molar-refractivity contribution in [2.45, 2.75) is 38.7 Å². The molecule has 106 valence electrons. The van der Waals surface area contributed by atoms with Gasteiger partial charge in [-0.15, -0.1) is 0 Å². The number of carbonyl (C=O) groups is 1. The molecular formula is C15H22O4. The SMILES string of the molecule is C[C@H]1C(=O)O[C@@H]2/C=C(\CO)CC/C=C(/CO)CC[C@H]21. The van der Waals surface area contributed by atoms with Crippen LogP contribution in [0.5, 0.6) is 0 Å². The molecule has 4 nitrogen and oxygen atoms in total. The highest BCUT2D eigenvalue weighted by molar-refractivity contribution is 5.75. The van der Waals surface area contributed by atoms with Crippen LogP contribution in [0.3, 0.4) is 0 Å². The van der Waals surface area contributed by atoms with Gasteiger partial charge < -0.3 is 14.9 Å². The Labute approximate surface area is 113 Å². The molecule has 0 spiro atoms. The number of carbonyl (C=O) groups excluding carboxylic acids is 1. The van der Waals surface area contributed by atoms with Crippen LogP contribution in [0.2, 0.25) is 0 Å². The van der Waals surface area contributed by atoms with E-state index >= 15 is 0 Å². The van der Waals surface area contributed by atoms with E-state index < -0.39 is 0 Å². The largest absolute Gasteiger partial charge is 0.458 e. The molecule has 19 heavy (non-hydrogen) atoms. The molecule has 0 amide bonds. The lowest BCUT2D eigenvalue weighted by molar-refractivity contribution is -0.142. The van der Waals surface area contributed by atoms with Crippen LogP contribution in [0, 0.1) is 11.8 Å². The van der Waals surface area contributed by atoms with E-state index in [1.165, 1.54) is 0 Å². The third-order valence-corrected chi connectivity index (χ3v) is 4.19. The summed E-state index contributed by atoms with van der Waals surface area (Å²) in [5, 5.41) is 18.7. The molecule has 1 aliphatic carbocycles. The van der Waals surface area contributed by atoms with Gasteiger partial charge in [0.05, 0.1) is 19.1 Å². The summed E-state index contributed by atoms with van der Waals surface area (Å²) in [4.78, 5) is 11.7. The number of hydrogen-bond donors (Lipinski definition) is 2. The molecule has 0 unspecified atom stereocenters. The standard InChI is InChI=1S/C15H22O4/c1-10-13-6-5-11(8-16)3-2-4-12(9-17)7-14(13)19-15(10)18/h3,7,10,13-14,16-17H,2,4-6,8-9H2,1H3/b11-3+,12-7-/t10-,13+,14-/m1/s1. The van der Waals surface area contributed by atoms with Gasteiger partial charge in [0.2, 0.25) is 0 Å². The molecule has 2 aliphatic rings. The van der Waals surface area contributed by atoms with Crippen molar-refractivity contribution in [2.75, 3.05) is 13.2 Å². The van der Waals surface area contributed by atoms with E-state index in [1.807, 2.05) is 19.1 Å². The minimum absolute atomic E-state index is 0.00253. The maximum Gasteiger partial charge on any atom is 0.309 e. The van der Waals surface area contributed by atoms with Gasteiger partial charge in [0.1, 0.15) is 6.10 Å². The lowest BCUT2D eigenvalue weighted by Gasteiger charge is -2.19. The van der Waals surface area contributed by atoms with Gasteiger partial charge in [0.15, 0.2) is 0 Å². The predicted molar refractivity (Wildman–Crippen MR) is 71.3 cm³/mol. The molecule has 2 N–H and O–H groups in total. The summed E-state index contributed by atoms with van der Waals surface area (Å²) in [7, 11) is 0. The predicted octanol–water partition coefficient (Wildman–Crippen LogP) is 1.58. The third kappa shape index (κ3) is 3.25. The van der Waals surface area contributed by atoms with Gasteiger partial charge in [-0.1, -0.05) is 13.0 Å². The van der Waals surface area contributed by atoms with Crippen molar-refractivity contribution in [3.8, 4) is 0 Å². The van der Waals surface area contributed by atoms with Gasteiger partial charge in [0, 0.05) is 5.92 Å². The quantitative estimate of drug-likeness (QED) is 0.588. The van der Waals surface area contributed by atoms with Crippen LogP contribution >= 0.6 is 0 Å². The zero-order valence-corrected chi connectivity index (χ0v) is 11.3. The molecule has 1 aliphatic heterocycles. The number of aliphatic hydroxyl groups excluding tert-OH is 2. The molecule has 0 bridgehead atoms. The van der Waals surface area contributed by atoms with Crippen molar-refractivity contribution >= 4 is 5.97 Å². The summed E-state index contributed by atoms with van der Waals surface area (Å²) in [6.07, 6.45) is 6.94. The normalized spacial score (nSPS) is 37.6. The van der Waals surface area contributed by atoms with Gasteiger partial charge in [-0.3, -0.25) is 4.79 Å². The van der Waals surface area contributed by atoms with E-state index in [0.717, 1.165) is 36.8 Å². The third-order valence-electron chi connectivity index (χ3n) is 4.19. The molecule has 0 aromatic heterocycles. The monoisotopic (exact) mass is 266 g/mol. The Morgan fingerprint density at radius 3 is 2.68 bits per heavy atom. The van der Waals surface area contributed by atoms with Crippen LogP contribution in [0.25, 0.3) is 0 Å². The Morgan fingerprint density at radius 1 is 1.26 bits per heavy atom. The highest BCUT2D eigenvalue weighted by Gasteiger charge is 2.40. The molecular weight excluding hydrogens is 244 g/mol. The minimum Gasteiger partial charge on any atom is -0.458 e. The van der Waals surface area contributed by atoms with Gasteiger partial charge >= 0.3 is 5.97 Å². The fourth-order valence-electron chi connectivity index (χ4n) is 2.87. The molecule has 1 saturated heterocycles. The Kier molecular flexibility index (Phi) is 4.77. The summed E-state index contributed by atoms with van der Waals surface area (Å²) in [5.41, 5.74) is 1.93. The van der Waals surface area contributed by atoms with Crippen LogP contribution in [0.4, 0.5) is 0 Å². The zero-order chi connectivity index (χ0) is 13.8. The smallest absolute Gasteiger partial charge is 0.309 e. The molecule has 0 aromatic carbocycles. The van der Waals surface area contributed by atoms with Gasteiger partial charge in [0.25, 0.3) is 0 Å². The average molecular weight is 266 g/mol. The number of allylic oxidation sites excluding steroid dienone is 1. The highest BCUT2D eigenvalue weighted by atomic mass is 16.6. The summed E-state index contributed by atoms with van der Waals surface area (Å²) in [6, 6.07) is 0. The molecule has 0 aromatic rings. The molecule has 1 heterocycles. The summed E-state index contributed by atoms with van der Waals surface area (Å²) in [5.74, 6) is -0.125. The van der Waals surface area contributed by atoms with Crippen molar-refractivity contribution in [3.05, 3.63) is 23.3 Å². The summed E-state index contributed by atoms with van der Waals surface area (Å²) in [6.45, 7) is 1.96. The summed E-state index contributed by atoms with van der Waals surface area (Å²) >= 11 is 0.